The summed E-state index contributed by atoms with van der Waals surface area (Å²) >= 11 is 2.43. The van der Waals surface area contributed by atoms with Gasteiger partial charge in [-0.3, -0.25) is 0 Å². The Morgan fingerprint density at radius 1 is 1.31 bits per heavy atom. The molecule has 1 aromatic carbocycles. The summed E-state index contributed by atoms with van der Waals surface area (Å²) in [4.78, 5) is 0. The molecule has 3 rings (SSSR count). The lowest BCUT2D eigenvalue weighted by molar-refractivity contribution is 0.771. The fraction of sp³-hybridized carbons (Fsp3) is 0.273. The largest absolute Gasteiger partial charge is 0.344 e. The number of nitrogens with zero attached hydrogens (tertiary/aromatic N) is 1. The van der Waals surface area contributed by atoms with E-state index in [4.69, 9.17) is 0 Å². The topological polar surface area (TPSA) is 4.93 Å². The molecule has 0 saturated carbocycles. The number of halogens is 1. The average Bonchev–Trinajstić information content (AvgIpc) is 2.62. The predicted molar refractivity (Wildman–Crippen MR) is 63.0 cm³/mol. The maximum atomic E-state index is 2.47. The van der Waals surface area contributed by atoms with Gasteiger partial charge < -0.3 is 4.57 Å². The quantitative estimate of drug-likeness (QED) is 0.654. The molecule has 0 atom stereocenters. The van der Waals surface area contributed by atoms with Gasteiger partial charge in [-0.05, 0) is 47.6 Å². The van der Waals surface area contributed by atoms with Crippen molar-refractivity contribution in [3.63, 3.8) is 0 Å². The van der Waals surface area contributed by atoms with Crippen LogP contribution in [0.4, 0.5) is 0 Å². The minimum atomic E-state index is 1.21. The van der Waals surface area contributed by atoms with Crippen LogP contribution in [-0.4, -0.2) is 4.57 Å². The number of aryl methyl sites for hydroxylation is 2. The molecule has 0 spiro atoms. The Labute approximate surface area is 90.9 Å². The van der Waals surface area contributed by atoms with Gasteiger partial charge in [-0.15, -0.1) is 0 Å². The van der Waals surface area contributed by atoms with Gasteiger partial charge in [0.05, 0.1) is 5.52 Å². The molecule has 1 aliphatic heterocycles. The smallest absolute Gasteiger partial charge is 0.0618 e. The van der Waals surface area contributed by atoms with Gasteiger partial charge in [-0.2, -0.15) is 0 Å². The molecule has 13 heavy (non-hydrogen) atoms. The first-order valence-electron chi connectivity index (χ1n) is 4.63. The van der Waals surface area contributed by atoms with Crippen LogP contribution in [0.3, 0.4) is 0 Å². The second-order valence-electron chi connectivity index (χ2n) is 3.57. The van der Waals surface area contributed by atoms with Gasteiger partial charge in [0.15, 0.2) is 0 Å². The van der Waals surface area contributed by atoms with E-state index in [2.05, 4.69) is 51.4 Å². The second kappa shape index (κ2) is 2.74. The summed E-state index contributed by atoms with van der Waals surface area (Å²) in [5, 5.41) is 1.40. The minimum Gasteiger partial charge on any atom is -0.344 e. The molecule has 66 valence electrons. The molecule has 2 aromatic rings. The molecule has 0 fully saturated rings. The third kappa shape index (κ3) is 1.04. The average molecular weight is 283 g/mol. The van der Waals surface area contributed by atoms with Crippen molar-refractivity contribution in [2.45, 2.75) is 19.4 Å². The lowest BCUT2D eigenvalue weighted by Crippen LogP contribution is -1.92. The van der Waals surface area contributed by atoms with Crippen LogP contribution in [0.15, 0.2) is 24.3 Å². The highest BCUT2D eigenvalue weighted by molar-refractivity contribution is 14.1. The highest BCUT2D eigenvalue weighted by Crippen LogP contribution is 2.28. The Morgan fingerprint density at radius 3 is 3.15 bits per heavy atom. The molecule has 0 amide bonds. The van der Waals surface area contributed by atoms with Crippen molar-refractivity contribution >= 4 is 33.5 Å². The summed E-state index contributed by atoms with van der Waals surface area (Å²) in [5.41, 5.74) is 2.95. The maximum Gasteiger partial charge on any atom is 0.0618 e. The predicted octanol–water partition coefficient (Wildman–Crippen LogP) is 3.19. The summed E-state index contributed by atoms with van der Waals surface area (Å²) in [5.74, 6) is 0. The van der Waals surface area contributed by atoms with E-state index in [0.29, 0.717) is 0 Å². The second-order valence-corrected chi connectivity index (χ2v) is 4.73. The molecule has 1 aliphatic rings. The van der Waals surface area contributed by atoms with Crippen LogP contribution in [0.2, 0.25) is 0 Å². The first kappa shape index (κ1) is 7.85. The Balaban J connectivity index is 2.46. The first-order valence-corrected chi connectivity index (χ1v) is 5.71. The van der Waals surface area contributed by atoms with Crippen molar-refractivity contribution < 1.29 is 0 Å². The van der Waals surface area contributed by atoms with Crippen molar-refractivity contribution in [2.75, 3.05) is 0 Å². The molecule has 1 aromatic heterocycles. The maximum absolute atomic E-state index is 2.47. The molecule has 0 saturated heterocycles. The Bertz CT molecular complexity index is 470. The van der Waals surface area contributed by atoms with E-state index >= 15 is 0 Å². The summed E-state index contributed by atoms with van der Waals surface area (Å²) in [6.07, 6.45) is 2.57. The van der Waals surface area contributed by atoms with E-state index in [1.165, 1.54) is 39.6 Å². The standard InChI is InChI=1S/C11H10IN/c12-10-5-1-3-8-7-9-4-2-6-13(9)11(8)10/h1,3,5,7H,2,4,6H2. The number of hydrogen-bond donors (Lipinski definition) is 0. The fourth-order valence-corrected chi connectivity index (χ4v) is 3.03. The highest BCUT2D eigenvalue weighted by atomic mass is 127. The van der Waals surface area contributed by atoms with E-state index in [-0.39, 0.29) is 0 Å². The normalized spacial score (nSPS) is 15.2. The van der Waals surface area contributed by atoms with E-state index in [0.717, 1.165) is 0 Å². The molecule has 0 N–H and O–H groups in total. The van der Waals surface area contributed by atoms with Gasteiger partial charge in [0, 0.05) is 21.2 Å². The zero-order valence-electron chi connectivity index (χ0n) is 7.26. The summed E-state index contributed by atoms with van der Waals surface area (Å²) in [6.45, 7) is 1.21. The third-order valence-electron chi connectivity index (χ3n) is 2.77. The number of rotatable bonds is 0. The van der Waals surface area contributed by atoms with Gasteiger partial charge in [-0.1, -0.05) is 12.1 Å². The van der Waals surface area contributed by atoms with Crippen LogP contribution >= 0.6 is 22.6 Å². The van der Waals surface area contributed by atoms with Gasteiger partial charge in [-0.25, -0.2) is 0 Å². The lowest BCUT2D eigenvalue weighted by atomic mass is 10.2. The van der Waals surface area contributed by atoms with Crippen LogP contribution < -0.4 is 0 Å². The van der Waals surface area contributed by atoms with Crippen LogP contribution in [0.5, 0.6) is 0 Å². The van der Waals surface area contributed by atoms with Crippen LogP contribution in [0.25, 0.3) is 10.9 Å². The summed E-state index contributed by atoms with van der Waals surface area (Å²) in [6, 6.07) is 8.88. The molecule has 2 heterocycles. The molecular weight excluding hydrogens is 273 g/mol. The number of benzene rings is 1. The van der Waals surface area contributed by atoms with E-state index < -0.39 is 0 Å². The number of aromatic nitrogens is 1. The SMILES string of the molecule is Ic1cccc2cc3n(c12)CCC3. The van der Waals surface area contributed by atoms with Gasteiger partial charge >= 0.3 is 0 Å². The minimum absolute atomic E-state index is 1.21. The lowest BCUT2D eigenvalue weighted by Gasteiger charge is -2.01. The zero-order valence-corrected chi connectivity index (χ0v) is 9.41. The number of hydrogen-bond acceptors (Lipinski definition) is 0. The van der Waals surface area contributed by atoms with Gasteiger partial charge in [0.25, 0.3) is 0 Å². The summed E-state index contributed by atoms with van der Waals surface area (Å²) < 4.78 is 3.85. The van der Waals surface area contributed by atoms with Crippen molar-refractivity contribution in [1.29, 1.82) is 0 Å². The summed E-state index contributed by atoms with van der Waals surface area (Å²) in [7, 11) is 0. The van der Waals surface area contributed by atoms with Gasteiger partial charge in [0.2, 0.25) is 0 Å². The molecule has 1 nitrogen and oxygen atoms in total. The van der Waals surface area contributed by atoms with Crippen LogP contribution in [-0.2, 0) is 13.0 Å². The Hall–Kier alpha value is -0.510. The molecule has 2 heteroatoms. The Kier molecular flexibility index (Phi) is 1.65. The molecule has 0 radical (unpaired) electrons. The molecule has 0 aliphatic carbocycles. The van der Waals surface area contributed by atoms with Crippen LogP contribution in [0.1, 0.15) is 12.1 Å². The van der Waals surface area contributed by atoms with E-state index in [9.17, 15) is 0 Å². The van der Waals surface area contributed by atoms with Crippen molar-refractivity contribution in [3.8, 4) is 0 Å². The van der Waals surface area contributed by atoms with Gasteiger partial charge in [0.1, 0.15) is 0 Å². The van der Waals surface area contributed by atoms with Crippen molar-refractivity contribution in [3.05, 3.63) is 33.5 Å². The Morgan fingerprint density at radius 2 is 2.23 bits per heavy atom. The van der Waals surface area contributed by atoms with Crippen molar-refractivity contribution in [1.82, 2.24) is 4.57 Å². The number of para-hydroxylation sites is 1. The van der Waals surface area contributed by atoms with E-state index in [1.807, 2.05) is 0 Å². The zero-order chi connectivity index (χ0) is 8.84. The fourth-order valence-electron chi connectivity index (χ4n) is 2.22. The monoisotopic (exact) mass is 283 g/mol. The van der Waals surface area contributed by atoms with Crippen molar-refractivity contribution in [2.24, 2.45) is 0 Å². The molecular formula is C11H10IN. The third-order valence-corrected chi connectivity index (χ3v) is 3.64. The van der Waals surface area contributed by atoms with Crippen LogP contribution in [0, 0.1) is 3.57 Å². The number of fused-ring (bicyclic) bond motifs is 3. The highest BCUT2D eigenvalue weighted by Gasteiger charge is 2.15. The molecule has 0 bridgehead atoms. The van der Waals surface area contributed by atoms with E-state index in [1.54, 1.807) is 0 Å². The first-order chi connectivity index (χ1) is 6.36. The molecule has 0 unspecified atom stereocenters.